The van der Waals surface area contributed by atoms with Crippen molar-refractivity contribution in [1.82, 2.24) is 15.5 Å². The number of fused-ring (bicyclic) bond motifs is 1. The predicted octanol–water partition coefficient (Wildman–Crippen LogP) is 7.51. The van der Waals surface area contributed by atoms with E-state index >= 15 is 8.78 Å². The maximum Gasteiger partial charge on any atom is 0.408 e. The summed E-state index contributed by atoms with van der Waals surface area (Å²) in [5.41, 5.74) is -2.77. The summed E-state index contributed by atoms with van der Waals surface area (Å²) in [7, 11) is 0. The number of aromatic nitrogens is 2. The van der Waals surface area contributed by atoms with E-state index in [1.807, 2.05) is 45.0 Å². The first-order valence-corrected chi connectivity index (χ1v) is 15.4. The Labute approximate surface area is 262 Å². The van der Waals surface area contributed by atoms with E-state index < -0.39 is 47.0 Å². The zero-order valence-corrected chi connectivity index (χ0v) is 27.0. The lowest BCUT2D eigenvalue weighted by Gasteiger charge is -2.27. The number of anilines is 1. The third-order valence-corrected chi connectivity index (χ3v) is 7.95. The monoisotopic (exact) mass is 624 g/mol. The van der Waals surface area contributed by atoms with Gasteiger partial charge in [-0.1, -0.05) is 32.9 Å². The summed E-state index contributed by atoms with van der Waals surface area (Å²) >= 11 is 0. The summed E-state index contributed by atoms with van der Waals surface area (Å²) < 4.78 is 49.5. The van der Waals surface area contributed by atoms with Crippen LogP contribution in [0, 0.1) is 5.82 Å². The molecule has 5 rings (SSSR count). The van der Waals surface area contributed by atoms with Gasteiger partial charge >= 0.3 is 6.09 Å². The number of carbonyl (C=O) groups excluding carboxylic acids is 2. The van der Waals surface area contributed by atoms with Crippen LogP contribution in [0.5, 0.6) is 5.75 Å². The number of amides is 2. The Morgan fingerprint density at radius 1 is 1.09 bits per heavy atom. The third kappa shape index (κ3) is 7.45. The summed E-state index contributed by atoms with van der Waals surface area (Å²) in [5, 5.41) is 10.7. The minimum atomic E-state index is -2.21. The molecule has 2 amide bonds. The van der Waals surface area contributed by atoms with Gasteiger partial charge in [0.1, 0.15) is 28.9 Å². The van der Waals surface area contributed by atoms with E-state index in [-0.39, 0.29) is 35.4 Å². The predicted molar refractivity (Wildman–Crippen MR) is 165 cm³/mol. The minimum absolute atomic E-state index is 0.0142. The lowest BCUT2D eigenvalue weighted by molar-refractivity contribution is -0.121. The number of hydrogen-bond acceptors (Lipinski definition) is 7. The van der Waals surface area contributed by atoms with Crippen molar-refractivity contribution >= 4 is 17.7 Å². The average Bonchev–Trinajstić information content (AvgIpc) is 3.62. The van der Waals surface area contributed by atoms with Crippen LogP contribution in [0.1, 0.15) is 97.6 Å². The lowest BCUT2D eigenvalue weighted by Crippen LogP contribution is -2.50. The average molecular weight is 625 g/mol. The number of halogens is 2. The summed E-state index contributed by atoms with van der Waals surface area (Å²) in [6, 6.07) is 8.50. The van der Waals surface area contributed by atoms with Gasteiger partial charge in [-0.15, -0.1) is 10.2 Å². The van der Waals surface area contributed by atoms with Crippen LogP contribution in [0.25, 0.3) is 11.5 Å². The zero-order valence-electron chi connectivity index (χ0n) is 27.0. The highest BCUT2D eigenvalue weighted by Gasteiger charge is 2.44. The molecule has 0 bridgehead atoms. The van der Waals surface area contributed by atoms with Crippen molar-refractivity contribution in [3.8, 4) is 17.2 Å². The maximum atomic E-state index is 16.6. The number of alkyl halides is 1. The molecule has 1 saturated carbocycles. The molecule has 2 aliphatic rings. The standard InChI is InChI=1S/C34H42F2N4O5/c1-32(2,3)30-39-38-28(44-30)23-16-27-24(17-25(23)35)34(7,36)18-26(37-31(42)45-33(4,5)6)29(41)40(27)19-20-12-14-22(15-13-20)43-21-10-8-9-11-21/h12-17,21,26H,8-11,18-19H2,1-7H3,(H,37,42). The van der Waals surface area contributed by atoms with Gasteiger partial charge in [0.2, 0.25) is 11.8 Å². The number of ether oxygens (including phenoxy) is 2. The lowest BCUT2D eigenvalue weighted by atomic mass is 9.90. The molecule has 1 aliphatic carbocycles. The van der Waals surface area contributed by atoms with Gasteiger partial charge in [0.25, 0.3) is 5.89 Å². The van der Waals surface area contributed by atoms with Gasteiger partial charge in [-0.3, -0.25) is 4.79 Å². The molecule has 2 aromatic carbocycles. The van der Waals surface area contributed by atoms with Crippen LogP contribution in [-0.4, -0.2) is 39.9 Å². The highest BCUT2D eigenvalue weighted by molar-refractivity contribution is 6.01. The molecule has 1 fully saturated rings. The second-order valence-corrected chi connectivity index (χ2v) is 14.2. The number of nitrogens with one attached hydrogen (secondary N) is 1. The van der Waals surface area contributed by atoms with E-state index in [9.17, 15) is 9.59 Å². The fourth-order valence-electron chi connectivity index (χ4n) is 5.67. The van der Waals surface area contributed by atoms with Crippen LogP contribution in [0.2, 0.25) is 0 Å². The third-order valence-electron chi connectivity index (χ3n) is 7.95. The molecule has 0 spiro atoms. The first kappa shape index (κ1) is 32.4. The molecule has 242 valence electrons. The van der Waals surface area contributed by atoms with Crippen molar-refractivity contribution in [1.29, 1.82) is 0 Å². The van der Waals surface area contributed by atoms with Crippen molar-refractivity contribution in [2.45, 2.75) is 116 Å². The highest BCUT2D eigenvalue weighted by atomic mass is 19.1. The Hall–Kier alpha value is -4.02. The van der Waals surface area contributed by atoms with Gasteiger partial charge in [-0.05, 0) is 83.2 Å². The highest BCUT2D eigenvalue weighted by Crippen LogP contribution is 2.44. The van der Waals surface area contributed by atoms with E-state index in [2.05, 4.69) is 15.5 Å². The topological polar surface area (TPSA) is 107 Å². The zero-order chi connectivity index (χ0) is 32.7. The molecule has 3 aromatic rings. The van der Waals surface area contributed by atoms with E-state index in [0.29, 0.717) is 5.89 Å². The second-order valence-electron chi connectivity index (χ2n) is 14.2. The maximum absolute atomic E-state index is 16.6. The van der Waals surface area contributed by atoms with Crippen molar-refractivity contribution in [2.75, 3.05) is 4.90 Å². The molecule has 9 nitrogen and oxygen atoms in total. The second kappa shape index (κ2) is 12.1. The fourth-order valence-corrected chi connectivity index (χ4v) is 5.67. The van der Waals surface area contributed by atoms with Crippen LogP contribution in [0.4, 0.5) is 19.3 Å². The van der Waals surface area contributed by atoms with Gasteiger partial charge in [-0.2, -0.15) is 0 Å². The van der Waals surface area contributed by atoms with E-state index in [0.717, 1.165) is 43.1 Å². The molecule has 2 unspecified atom stereocenters. The SMILES string of the molecule is CC(C)(C)OC(=O)NC1CC(C)(F)c2cc(F)c(-c3nnc(C(C)(C)C)o3)cc2N(Cc2ccc(OC3CCCC3)cc2)C1=O. The van der Waals surface area contributed by atoms with Gasteiger partial charge in [0, 0.05) is 17.4 Å². The van der Waals surface area contributed by atoms with Crippen LogP contribution in [0.15, 0.2) is 40.8 Å². The van der Waals surface area contributed by atoms with Gasteiger partial charge in [0.05, 0.1) is 23.9 Å². The van der Waals surface area contributed by atoms with Crippen LogP contribution in [0.3, 0.4) is 0 Å². The molecule has 2 heterocycles. The van der Waals surface area contributed by atoms with E-state index in [1.165, 1.54) is 17.9 Å². The number of rotatable bonds is 6. The number of benzene rings is 2. The summed E-state index contributed by atoms with van der Waals surface area (Å²) in [6.07, 6.45) is 3.23. The molecular weight excluding hydrogens is 582 g/mol. The Morgan fingerprint density at radius 2 is 1.76 bits per heavy atom. The first-order chi connectivity index (χ1) is 21.0. The van der Waals surface area contributed by atoms with Crippen LogP contribution in [-0.2, 0) is 27.2 Å². The number of nitrogens with zero attached hydrogens (tertiary/aromatic N) is 3. The molecular formula is C34H42F2N4O5. The summed E-state index contributed by atoms with van der Waals surface area (Å²) in [4.78, 5) is 28.3. The van der Waals surface area contributed by atoms with Crippen LogP contribution >= 0.6 is 0 Å². The van der Waals surface area contributed by atoms with Crippen LogP contribution < -0.4 is 15.0 Å². The Kier molecular flexibility index (Phi) is 8.67. The molecule has 1 aromatic heterocycles. The molecule has 0 radical (unpaired) electrons. The Bertz CT molecular complexity index is 1550. The van der Waals surface area contributed by atoms with Gasteiger partial charge in [-0.25, -0.2) is 13.6 Å². The van der Waals surface area contributed by atoms with Gasteiger partial charge in [0.15, 0.2) is 0 Å². The number of alkyl carbamates (subject to hydrolysis) is 1. The Morgan fingerprint density at radius 3 is 2.36 bits per heavy atom. The molecule has 1 N–H and O–H groups in total. The van der Waals surface area contributed by atoms with E-state index in [1.54, 1.807) is 20.8 Å². The molecule has 11 heteroatoms. The van der Waals surface area contributed by atoms with E-state index in [4.69, 9.17) is 13.9 Å². The number of carbonyl (C=O) groups is 2. The van der Waals surface area contributed by atoms with Crippen molar-refractivity contribution in [2.24, 2.45) is 0 Å². The largest absolute Gasteiger partial charge is 0.490 e. The molecule has 45 heavy (non-hydrogen) atoms. The van der Waals surface area contributed by atoms with Gasteiger partial charge < -0.3 is 24.1 Å². The smallest absolute Gasteiger partial charge is 0.408 e. The summed E-state index contributed by atoms with van der Waals surface area (Å²) in [5.74, 6) is -0.412. The fraction of sp³-hybridized carbons (Fsp3) is 0.529. The van der Waals surface area contributed by atoms with Crippen molar-refractivity contribution < 1.29 is 32.3 Å². The number of hydrogen-bond donors (Lipinski definition) is 1. The minimum Gasteiger partial charge on any atom is -0.490 e. The first-order valence-electron chi connectivity index (χ1n) is 15.4. The normalized spacial score (nSPS) is 21.0. The molecule has 2 atom stereocenters. The summed E-state index contributed by atoms with van der Waals surface area (Å²) in [6.45, 7) is 12.0. The Balaban J connectivity index is 1.55. The molecule has 0 saturated heterocycles. The molecule has 1 aliphatic heterocycles. The van der Waals surface area contributed by atoms with Crippen molar-refractivity contribution in [3.05, 3.63) is 59.2 Å². The quantitative estimate of drug-likeness (QED) is 0.303. The van der Waals surface area contributed by atoms with Crippen molar-refractivity contribution in [3.63, 3.8) is 0 Å².